The highest BCUT2D eigenvalue weighted by molar-refractivity contribution is 6.07. The van der Waals surface area contributed by atoms with Gasteiger partial charge in [0.15, 0.2) is 5.78 Å². The molecule has 3 aromatic carbocycles. The Morgan fingerprint density at radius 1 is 0.759 bits per heavy atom. The molecule has 0 atom stereocenters. The smallest absolute Gasteiger partial charge is 0.336 e. The molecule has 3 rings (SSSR count). The third-order valence-electron chi connectivity index (χ3n) is 4.12. The number of benzene rings is 3. The molecule has 0 bridgehead atoms. The highest BCUT2D eigenvalue weighted by Gasteiger charge is 2.05. The molecule has 4 nitrogen and oxygen atoms in total. The Hall–Kier alpha value is -3.92. The number of carbonyl (C=O) groups excluding carboxylic acids is 2. The lowest BCUT2D eigenvalue weighted by Gasteiger charge is -2.04. The zero-order valence-corrected chi connectivity index (χ0v) is 15.9. The maximum absolute atomic E-state index is 12.4. The summed E-state index contributed by atoms with van der Waals surface area (Å²) >= 11 is 0. The van der Waals surface area contributed by atoms with E-state index in [0.29, 0.717) is 17.1 Å². The fraction of sp³-hybridized carbons (Fsp3) is 0.0400. The first kappa shape index (κ1) is 19.8. The van der Waals surface area contributed by atoms with E-state index in [4.69, 9.17) is 9.47 Å². The molecule has 3 aromatic rings. The normalized spacial score (nSPS) is 10.9. The molecule has 29 heavy (non-hydrogen) atoms. The molecule has 4 heteroatoms. The summed E-state index contributed by atoms with van der Waals surface area (Å²) in [6, 6.07) is 23.4. The van der Waals surface area contributed by atoms with E-state index in [1.54, 1.807) is 43.5 Å². The van der Waals surface area contributed by atoms with Gasteiger partial charge in [-0.3, -0.25) is 4.79 Å². The van der Waals surface area contributed by atoms with Crippen LogP contribution < -0.4 is 9.47 Å². The van der Waals surface area contributed by atoms with Gasteiger partial charge in [0.1, 0.15) is 11.5 Å². The van der Waals surface area contributed by atoms with Crippen molar-refractivity contribution in [1.82, 2.24) is 0 Å². The van der Waals surface area contributed by atoms with Gasteiger partial charge in [0.05, 0.1) is 7.11 Å². The molecule has 144 valence electrons. The Labute approximate surface area is 169 Å². The van der Waals surface area contributed by atoms with Gasteiger partial charge >= 0.3 is 5.97 Å². The van der Waals surface area contributed by atoms with Crippen LogP contribution in [0.1, 0.15) is 21.5 Å². The number of para-hydroxylation sites is 1. The summed E-state index contributed by atoms with van der Waals surface area (Å²) in [5.74, 6) is 0.432. The lowest BCUT2D eigenvalue weighted by atomic mass is 10.1. The van der Waals surface area contributed by atoms with E-state index in [1.165, 1.54) is 12.2 Å². The zero-order chi connectivity index (χ0) is 20.5. The SMILES string of the molecule is COc1ccccc1C=CC(=O)c1ccc(OC(=O)C=Cc2ccccc2)cc1. The third kappa shape index (κ3) is 5.78. The Kier molecular flexibility index (Phi) is 6.74. The van der Waals surface area contributed by atoms with Crippen LogP contribution in [0.4, 0.5) is 0 Å². The fourth-order valence-electron chi connectivity index (χ4n) is 2.63. The molecule has 0 unspecified atom stereocenters. The minimum atomic E-state index is -0.482. The molecule has 0 radical (unpaired) electrons. The first-order chi connectivity index (χ1) is 14.2. The van der Waals surface area contributed by atoms with E-state index in [9.17, 15) is 9.59 Å². The lowest BCUT2D eigenvalue weighted by molar-refractivity contribution is -0.128. The van der Waals surface area contributed by atoms with Gasteiger partial charge in [-0.15, -0.1) is 0 Å². The van der Waals surface area contributed by atoms with Crippen molar-refractivity contribution in [3.63, 3.8) is 0 Å². The van der Waals surface area contributed by atoms with Crippen molar-refractivity contribution < 1.29 is 19.1 Å². The average Bonchev–Trinajstić information content (AvgIpc) is 2.77. The maximum Gasteiger partial charge on any atom is 0.336 e. The minimum Gasteiger partial charge on any atom is -0.496 e. The molecule has 0 saturated heterocycles. The fourth-order valence-corrected chi connectivity index (χ4v) is 2.63. The van der Waals surface area contributed by atoms with Gasteiger partial charge in [-0.05, 0) is 54.1 Å². The molecule has 0 aliphatic carbocycles. The highest BCUT2D eigenvalue weighted by Crippen LogP contribution is 2.19. The zero-order valence-electron chi connectivity index (χ0n) is 15.9. The maximum atomic E-state index is 12.4. The van der Waals surface area contributed by atoms with Gasteiger partial charge < -0.3 is 9.47 Å². The van der Waals surface area contributed by atoms with E-state index >= 15 is 0 Å². The van der Waals surface area contributed by atoms with Crippen molar-refractivity contribution in [1.29, 1.82) is 0 Å². The van der Waals surface area contributed by atoms with Crippen molar-refractivity contribution in [3.8, 4) is 11.5 Å². The Balaban J connectivity index is 1.60. The minimum absolute atomic E-state index is 0.155. The molecular weight excluding hydrogens is 364 g/mol. The summed E-state index contributed by atoms with van der Waals surface area (Å²) < 4.78 is 10.5. The molecular formula is C25H20O4. The summed E-state index contributed by atoms with van der Waals surface area (Å²) in [4.78, 5) is 24.3. The van der Waals surface area contributed by atoms with Gasteiger partial charge in [-0.1, -0.05) is 48.5 Å². The summed E-state index contributed by atoms with van der Waals surface area (Å²) in [5, 5.41) is 0. The monoisotopic (exact) mass is 384 g/mol. The van der Waals surface area contributed by atoms with Gasteiger partial charge in [0.25, 0.3) is 0 Å². The first-order valence-corrected chi connectivity index (χ1v) is 9.06. The van der Waals surface area contributed by atoms with Crippen molar-refractivity contribution in [3.05, 3.63) is 108 Å². The molecule has 0 N–H and O–H groups in total. The Morgan fingerprint density at radius 3 is 2.17 bits per heavy atom. The van der Waals surface area contributed by atoms with Crippen LogP contribution in [-0.4, -0.2) is 18.9 Å². The van der Waals surface area contributed by atoms with Gasteiger partial charge in [0.2, 0.25) is 0 Å². The van der Waals surface area contributed by atoms with Crippen LogP contribution in [0.2, 0.25) is 0 Å². The third-order valence-corrected chi connectivity index (χ3v) is 4.12. The second-order valence-corrected chi connectivity index (χ2v) is 6.13. The summed E-state index contributed by atoms with van der Waals surface area (Å²) in [7, 11) is 1.59. The predicted octanol–water partition coefficient (Wildman–Crippen LogP) is 5.21. The van der Waals surface area contributed by atoms with Crippen LogP contribution in [0, 0.1) is 0 Å². The number of allylic oxidation sites excluding steroid dienone is 1. The van der Waals surface area contributed by atoms with Crippen molar-refractivity contribution >= 4 is 23.9 Å². The largest absolute Gasteiger partial charge is 0.496 e. The van der Waals surface area contributed by atoms with Crippen LogP contribution in [0.15, 0.2) is 91.0 Å². The molecule has 0 fully saturated rings. The number of ketones is 1. The van der Waals surface area contributed by atoms with Crippen molar-refractivity contribution in [2.24, 2.45) is 0 Å². The van der Waals surface area contributed by atoms with Crippen LogP contribution in [0.3, 0.4) is 0 Å². The molecule has 0 aliphatic heterocycles. The van der Waals surface area contributed by atoms with E-state index < -0.39 is 5.97 Å². The lowest BCUT2D eigenvalue weighted by Crippen LogP contribution is -2.04. The van der Waals surface area contributed by atoms with E-state index in [2.05, 4.69) is 0 Å². The van der Waals surface area contributed by atoms with Gasteiger partial charge in [-0.25, -0.2) is 4.79 Å². The second kappa shape index (κ2) is 9.85. The number of esters is 1. The molecule has 0 saturated carbocycles. The van der Waals surface area contributed by atoms with Gasteiger partial charge in [-0.2, -0.15) is 0 Å². The molecule has 0 aliphatic rings. The summed E-state index contributed by atoms with van der Waals surface area (Å²) in [5.41, 5.74) is 2.22. The standard InChI is InChI=1S/C25H20O4/c1-28-24-10-6-5-9-21(24)14-17-23(26)20-12-15-22(16-13-20)29-25(27)18-11-19-7-3-2-4-8-19/h2-18H,1H3. The molecule has 0 amide bonds. The molecule has 0 heterocycles. The number of rotatable bonds is 7. The molecule has 0 spiro atoms. The van der Waals surface area contributed by atoms with Crippen LogP contribution >= 0.6 is 0 Å². The summed E-state index contributed by atoms with van der Waals surface area (Å²) in [6.45, 7) is 0. The first-order valence-electron chi connectivity index (χ1n) is 9.06. The number of methoxy groups -OCH3 is 1. The van der Waals surface area contributed by atoms with E-state index in [1.807, 2.05) is 54.6 Å². The van der Waals surface area contributed by atoms with Crippen LogP contribution in [-0.2, 0) is 4.79 Å². The van der Waals surface area contributed by atoms with E-state index in [-0.39, 0.29) is 5.78 Å². The van der Waals surface area contributed by atoms with Crippen molar-refractivity contribution in [2.45, 2.75) is 0 Å². The highest BCUT2D eigenvalue weighted by atomic mass is 16.5. The van der Waals surface area contributed by atoms with Gasteiger partial charge in [0, 0.05) is 17.2 Å². The van der Waals surface area contributed by atoms with E-state index in [0.717, 1.165) is 11.1 Å². The molecule has 0 aromatic heterocycles. The number of hydrogen-bond acceptors (Lipinski definition) is 4. The topological polar surface area (TPSA) is 52.6 Å². The van der Waals surface area contributed by atoms with Crippen LogP contribution in [0.25, 0.3) is 12.2 Å². The predicted molar refractivity (Wildman–Crippen MR) is 114 cm³/mol. The number of ether oxygens (including phenoxy) is 2. The number of hydrogen-bond donors (Lipinski definition) is 0. The van der Waals surface area contributed by atoms with Crippen LogP contribution in [0.5, 0.6) is 11.5 Å². The average molecular weight is 384 g/mol. The van der Waals surface area contributed by atoms with Crippen molar-refractivity contribution in [2.75, 3.05) is 7.11 Å². The summed E-state index contributed by atoms with van der Waals surface area (Å²) in [6.07, 6.45) is 6.25. The Bertz CT molecular complexity index is 1030. The number of carbonyl (C=O) groups is 2. The second-order valence-electron chi connectivity index (χ2n) is 6.13. The Morgan fingerprint density at radius 2 is 1.45 bits per heavy atom. The quantitative estimate of drug-likeness (QED) is 0.243.